The zero-order chi connectivity index (χ0) is 13.2. The van der Waals surface area contributed by atoms with Crippen LogP contribution in [-0.2, 0) is 0 Å². The lowest BCUT2D eigenvalue weighted by Gasteiger charge is -2.29. The van der Waals surface area contributed by atoms with Crippen molar-refractivity contribution in [3.05, 3.63) is 11.1 Å². The van der Waals surface area contributed by atoms with Gasteiger partial charge in [-0.1, -0.05) is 12.8 Å². The molecule has 1 N–H and O–H groups in total. The molecule has 1 aromatic heterocycles. The van der Waals surface area contributed by atoms with E-state index in [0.717, 1.165) is 12.0 Å². The van der Waals surface area contributed by atoms with Crippen molar-refractivity contribution >= 4 is 16.5 Å². The summed E-state index contributed by atoms with van der Waals surface area (Å²) in [6.07, 6.45) is 8.47. The molecule has 4 heteroatoms. The van der Waals surface area contributed by atoms with Crippen LogP contribution < -0.4 is 10.2 Å². The van der Waals surface area contributed by atoms with Crippen LogP contribution in [-0.4, -0.2) is 24.6 Å². The smallest absolute Gasteiger partial charge is 0.185 e. The first-order valence-electron chi connectivity index (χ1n) is 7.69. The van der Waals surface area contributed by atoms with Crippen LogP contribution in [0.4, 0.5) is 5.13 Å². The van der Waals surface area contributed by atoms with Crippen LogP contribution in [0.25, 0.3) is 0 Å². The van der Waals surface area contributed by atoms with Gasteiger partial charge in [0.25, 0.3) is 0 Å². The second-order valence-electron chi connectivity index (χ2n) is 6.01. The van der Waals surface area contributed by atoms with Crippen LogP contribution >= 0.6 is 11.3 Å². The van der Waals surface area contributed by atoms with Crippen molar-refractivity contribution in [2.75, 3.05) is 18.5 Å². The molecule has 1 saturated heterocycles. The molecule has 0 spiro atoms. The van der Waals surface area contributed by atoms with Crippen LogP contribution in [0.5, 0.6) is 0 Å². The topological polar surface area (TPSA) is 28.2 Å². The molecular weight excluding hydrogens is 254 g/mol. The number of rotatable bonds is 4. The van der Waals surface area contributed by atoms with E-state index in [-0.39, 0.29) is 0 Å². The molecule has 2 aliphatic rings. The van der Waals surface area contributed by atoms with Gasteiger partial charge in [-0.3, -0.25) is 0 Å². The van der Waals surface area contributed by atoms with Gasteiger partial charge in [-0.05, 0) is 45.6 Å². The third-order valence-electron chi connectivity index (χ3n) is 4.88. The summed E-state index contributed by atoms with van der Waals surface area (Å²) in [6, 6.07) is 1.13. The lowest BCUT2D eigenvalue weighted by molar-refractivity contribution is 0.430. The molecule has 2 unspecified atom stereocenters. The average Bonchev–Trinajstić information content (AvgIpc) is 3.14. The van der Waals surface area contributed by atoms with Gasteiger partial charge in [0.1, 0.15) is 0 Å². The maximum atomic E-state index is 4.87. The summed E-state index contributed by atoms with van der Waals surface area (Å²) >= 11 is 1.83. The molecule has 2 atom stereocenters. The predicted molar refractivity (Wildman–Crippen MR) is 81.9 cm³/mol. The van der Waals surface area contributed by atoms with E-state index in [0.29, 0.717) is 6.04 Å². The van der Waals surface area contributed by atoms with Crippen LogP contribution in [0, 0.1) is 5.92 Å². The van der Waals surface area contributed by atoms with Gasteiger partial charge in [-0.2, -0.15) is 0 Å². The number of nitrogens with zero attached hydrogens (tertiary/aromatic N) is 2. The third kappa shape index (κ3) is 2.65. The number of anilines is 1. The predicted octanol–water partition coefficient (Wildman–Crippen LogP) is 3.58. The monoisotopic (exact) mass is 279 g/mol. The molecule has 1 aliphatic carbocycles. The Morgan fingerprint density at radius 3 is 2.84 bits per heavy atom. The van der Waals surface area contributed by atoms with Gasteiger partial charge in [0, 0.05) is 24.0 Å². The number of aromatic nitrogens is 1. The maximum absolute atomic E-state index is 4.87. The minimum absolute atomic E-state index is 0.359. The Labute approximate surface area is 120 Å². The number of hydrogen-bond acceptors (Lipinski definition) is 4. The van der Waals surface area contributed by atoms with Crippen molar-refractivity contribution in [2.45, 2.75) is 57.5 Å². The van der Waals surface area contributed by atoms with Gasteiger partial charge in [0.15, 0.2) is 5.13 Å². The molecule has 1 aliphatic heterocycles. The Hall–Kier alpha value is -0.610. The lowest BCUT2D eigenvalue weighted by atomic mass is 9.96. The van der Waals surface area contributed by atoms with Gasteiger partial charge in [-0.15, -0.1) is 11.3 Å². The number of thiazole rings is 1. The Bertz CT molecular complexity index is 411. The number of nitrogens with one attached hydrogen (secondary N) is 1. The van der Waals surface area contributed by atoms with Crippen LogP contribution in [0.15, 0.2) is 5.38 Å². The summed E-state index contributed by atoms with van der Waals surface area (Å²) in [4.78, 5) is 7.47. The van der Waals surface area contributed by atoms with E-state index in [1.165, 1.54) is 55.9 Å². The highest BCUT2D eigenvalue weighted by Crippen LogP contribution is 2.38. The summed E-state index contributed by atoms with van der Waals surface area (Å²) in [5, 5.41) is 6.76. The van der Waals surface area contributed by atoms with Crippen molar-refractivity contribution in [3.8, 4) is 0 Å². The molecule has 2 heterocycles. The van der Waals surface area contributed by atoms with E-state index in [9.17, 15) is 0 Å². The first kappa shape index (κ1) is 13.4. The average molecular weight is 279 g/mol. The van der Waals surface area contributed by atoms with Crippen molar-refractivity contribution in [3.63, 3.8) is 0 Å². The largest absolute Gasteiger partial charge is 0.345 e. The standard InChI is InChI=1S/C15H25N3S/c1-11(16-2)13-10-19-15(17-13)18-9-5-8-14(18)12-6-3-4-7-12/h10-12,14,16H,3-9H2,1-2H3. The van der Waals surface area contributed by atoms with Crippen molar-refractivity contribution in [1.82, 2.24) is 10.3 Å². The fourth-order valence-corrected chi connectivity index (χ4v) is 4.62. The Morgan fingerprint density at radius 2 is 2.11 bits per heavy atom. The van der Waals surface area contributed by atoms with Crippen molar-refractivity contribution in [1.29, 1.82) is 0 Å². The number of hydrogen-bond donors (Lipinski definition) is 1. The molecule has 106 valence electrons. The van der Waals surface area contributed by atoms with Gasteiger partial charge in [0.05, 0.1) is 5.69 Å². The molecule has 0 bridgehead atoms. The first-order valence-corrected chi connectivity index (χ1v) is 8.57. The highest BCUT2D eigenvalue weighted by Gasteiger charge is 2.34. The van der Waals surface area contributed by atoms with E-state index >= 15 is 0 Å². The van der Waals surface area contributed by atoms with E-state index < -0.39 is 0 Å². The fraction of sp³-hybridized carbons (Fsp3) is 0.800. The molecule has 1 aromatic rings. The minimum atomic E-state index is 0.359. The highest BCUT2D eigenvalue weighted by molar-refractivity contribution is 7.13. The molecule has 0 amide bonds. The molecular formula is C15H25N3S. The van der Waals surface area contributed by atoms with E-state index in [1.807, 2.05) is 18.4 Å². The Balaban J connectivity index is 1.74. The van der Waals surface area contributed by atoms with E-state index in [1.54, 1.807) is 0 Å². The van der Waals surface area contributed by atoms with Gasteiger partial charge in [0.2, 0.25) is 0 Å². The Kier molecular flexibility index (Phi) is 4.08. The normalized spacial score (nSPS) is 26.2. The summed E-state index contributed by atoms with van der Waals surface area (Å²) < 4.78 is 0. The van der Waals surface area contributed by atoms with Gasteiger partial charge in [-0.25, -0.2) is 4.98 Å². The SMILES string of the molecule is CNC(C)c1csc(N2CCCC2C2CCCC2)n1. The molecule has 0 aromatic carbocycles. The molecule has 0 radical (unpaired) electrons. The van der Waals surface area contributed by atoms with Crippen LogP contribution in [0.1, 0.15) is 57.2 Å². The molecule has 3 rings (SSSR count). The summed E-state index contributed by atoms with van der Waals surface area (Å²) in [7, 11) is 2.00. The first-order chi connectivity index (χ1) is 9.29. The quantitative estimate of drug-likeness (QED) is 0.913. The molecule has 2 fully saturated rings. The zero-order valence-corrected chi connectivity index (χ0v) is 12.9. The Morgan fingerprint density at radius 1 is 1.32 bits per heavy atom. The summed E-state index contributed by atoms with van der Waals surface area (Å²) in [6.45, 7) is 3.39. The second kappa shape index (κ2) is 5.80. The maximum Gasteiger partial charge on any atom is 0.185 e. The minimum Gasteiger partial charge on any atom is -0.345 e. The molecule has 1 saturated carbocycles. The molecule has 19 heavy (non-hydrogen) atoms. The third-order valence-corrected chi connectivity index (χ3v) is 5.77. The van der Waals surface area contributed by atoms with Gasteiger partial charge < -0.3 is 10.2 Å². The van der Waals surface area contributed by atoms with Gasteiger partial charge >= 0.3 is 0 Å². The fourth-order valence-electron chi connectivity index (χ4n) is 3.62. The van der Waals surface area contributed by atoms with E-state index in [4.69, 9.17) is 4.98 Å². The van der Waals surface area contributed by atoms with Crippen molar-refractivity contribution < 1.29 is 0 Å². The summed E-state index contributed by atoms with van der Waals surface area (Å²) in [5.41, 5.74) is 1.19. The van der Waals surface area contributed by atoms with Crippen molar-refractivity contribution in [2.24, 2.45) is 5.92 Å². The van der Waals surface area contributed by atoms with E-state index in [2.05, 4.69) is 22.5 Å². The van der Waals surface area contributed by atoms with Crippen LogP contribution in [0.3, 0.4) is 0 Å². The second-order valence-corrected chi connectivity index (χ2v) is 6.85. The van der Waals surface area contributed by atoms with Crippen LogP contribution in [0.2, 0.25) is 0 Å². The molecule has 3 nitrogen and oxygen atoms in total. The lowest BCUT2D eigenvalue weighted by Crippen LogP contribution is -2.34. The summed E-state index contributed by atoms with van der Waals surface area (Å²) in [5.74, 6) is 0.927. The highest BCUT2D eigenvalue weighted by atomic mass is 32.1. The zero-order valence-electron chi connectivity index (χ0n) is 12.1.